The molecule has 2 saturated carbocycles. The second-order valence-corrected chi connectivity index (χ2v) is 3.93. The van der Waals surface area contributed by atoms with Crippen LogP contribution >= 0.6 is 0 Å². The van der Waals surface area contributed by atoms with E-state index >= 15 is 0 Å². The van der Waals surface area contributed by atoms with Gasteiger partial charge in [-0.3, -0.25) is 4.99 Å². The summed E-state index contributed by atoms with van der Waals surface area (Å²) < 4.78 is 0. The second-order valence-electron chi connectivity index (χ2n) is 3.93. The first-order valence-corrected chi connectivity index (χ1v) is 4.86. The average Bonchev–Trinajstić information content (AvgIpc) is 2.60. The number of aliphatic imine (C=N–C) groups is 1. The van der Waals surface area contributed by atoms with E-state index in [1.807, 2.05) is 6.92 Å². The predicted molar refractivity (Wildman–Crippen MR) is 49.9 cm³/mol. The zero-order chi connectivity index (χ0) is 8.55. The van der Waals surface area contributed by atoms with Crippen LogP contribution in [0.2, 0.25) is 0 Å². The van der Waals surface area contributed by atoms with Crippen LogP contribution in [0.4, 0.5) is 0 Å². The molecule has 2 atom stereocenters. The Hall–Kier alpha value is -0.730. The molecule has 2 aliphatic rings. The number of nitrogens with one attached hydrogen (secondary N) is 1. The summed E-state index contributed by atoms with van der Waals surface area (Å²) in [5.74, 6) is 2.65. The smallest absolute Gasteiger partial charge is 0.188 e. The molecule has 2 rings (SSSR count). The molecule has 3 N–H and O–H groups in total. The van der Waals surface area contributed by atoms with Crippen LogP contribution in [0.3, 0.4) is 0 Å². The van der Waals surface area contributed by atoms with E-state index in [1.54, 1.807) is 0 Å². The highest BCUT2D eigenvalue weighted by atomic mass is 15.1. The summed E-state index contributed by atoms with van der Waals surface area (Å²) in [6, 6.07) is 0.615. The van der Waals surface area contributed by atoms with Crippen molar-refractivity contribution >= 4 is 5.96 Å². The number of hydrogen-bond donors (Lipinski definition) is 2. The Morgan fingerprint density at radius 3 is 2.67 bits per heavy atom. The van der Waals surface area contributed by atoms with Crippen LogP contribution in [-0.2, 0) is 0 Å². The number of fused-ring (bicyclic) bond motifs is 1. The quantitative estimate of drug-likeness (QED) is 0.470. The summed E-state index contributed by atoms with van der Waals surface area (Å²) in [5, 5.41) is 3.27. The first kappa shape index (κ1) is 7.90. The molecule has 0 radical (unpaired) electrons. The molecule has 2 fully saturated rings. The van der Waals surface area contributed by atoms with Crippen molar-refractivity contribution in [2.24, 2.45) is 22.6 Å². The summed E-state index contributed by atoms with van der Waals surface area (Å²) >= 11 is 0. The highest BCUT2D eigenvalue weighted by molar-refractivity contribution is 5.78. The van der Waals surface area contributed by atoms with Crippen molar-refractivity contribution in [3.8, 4) is 0 Å². The van der Waals surface area contributed by atoms with Crippen LogP contribution < -0.4 is 11.1 Å². The predicted octanol–water partition coefficient (Wildman–Crippen LogP) is 0.709. The zero-order valence-electron chi connectivity index (χ0n) is 7.59. The average molecular weight is 167 g/mol. The molecule has 68 valence electrons. The van der Waals surface area contributed by atoms with Crippen LogP contribution in [0, 0.1) is 11.8 Å². The monoisotopic (exact) mass is 167 g/mol. The number of nitrogens with two attached hydrogens (primary N) is 1. The Balaban J connectivity index is 1.76. The summed E-state index contributed by atoms with van der Waals surface area (Å²) in [4.78, 5) is 4.11. The molecule has 0 aromatic heterocycles. The van der Waals surface area contributed by atoms with Crippen LogP contribution in [0.5, 0.6) is 0 Å². The van der Waals surface area contributed by atoms with E-state index in [0.29, 0.717) is 12.0 Å². The van der Waals surface area contributed by atoms with Gasteiger partial charge in [-0.2, -0.15) is 0 Å². The highest BCUT2D eigenvalue weighted by Crippen LogP contribution is 2.51. The van der Waals surface area contributed by atoms with E-state index in [9.17, 15) is 0 Å². The van der Waals surface area contributed by atoms with Crippen molar-refractivity contribution in [3.05, 3.63) is 0 Å². The van der Waals surface area contributed by atoms with Gasteiger partial charge in [0, 0.05) is 12.6 Å². The zero-order valence-corrected chi connectivity index (χ0v) is 7.59. The molecular weight excluding hydrogens is 150 g/mol. The van der Waals surface area contributed by atoms with Gasteiger partial charge in [0.15, 0.2) is 5.96 Å². The van der Waals surface area contributed by atoms with Gasteiger partial charge in [0.25, 0.3) is 0 Å². The summed E-state index contributed by atoms with van der Waals surface area (Å²) in [6.45, 7) is 2.78. The third-order valence-corrected chi connectivity index (χ3v) is 2.92. The van der Waals surface area contributed by atoms with Gasteiger partial charge in [-0.25, -0.2) is 0 Å². The third kappa shape index (κ3) is 1.54. The first-order valence-electron chi connectivity index (χ1n) is 4.86. The Morgan fingerprint density at radius 2 is 2.08 bits per heavy atom. The molecule has 0 heterocycles. The van der Waals surface area contributed by atoms with Gasteiger partial charge in [-0.05, 0) is 38.0 Å². The van der Waals surface area contributed by atoms with Crippen LogP contribution in [0.25, 0.3) is 0 Å². The molecule has 2 aliphatic carbocycles. The van der Waals surface area contributed by atoms with Gasteiger partial charge in [0.05, 0.1) is 0 Å². The van der Waals surface area contributed by atoms with E-state index in [2.05, 4.69) is 10.3 Å². The van der Waals surface area contributed by atoms with Gasteiger partial charge in [0.2, 0.25) is 0 Å². The van der Waals surface area contributed by atoms with Gasteiger partial charge < -0.3 is 11.1 Å². The lowest BCUT2D eigenvalue weighted by atomic mass is 10.2. The molecule has 0 saturated heterocycles. The molecule has 0 aromatic rings. The maximum Gasteiger partial charge on any atom is 0.188 e. The Bertz CT molecular complexity index is 190. The Morgan fingerprint density at radius 1 is 1.42 bits per heavy atom. The minimum atomic E-state index is 0.615. The number of rotatable bonds is 2. The molecule has 2 unspecified atom stereocenters. The molecule has 12 heavy (non-hydrogen) atoms. The van der Waals surface area contributed by atoms with Crippen LogP contribution in [-0.4, -0.2) is 18.5 Å². The van der Waals surface area contributed by atoms with Gasteiger partial charge in [-0.15, -0.1) is 0 Å². The van der Waals surface area contributed by atoms with Crippen molar-refractivity contribution in [2.45, 2.75) is 32.2 Å². The van der Waals surface area contributed by atoms with Crippen molar-refractivity contribution in [2.75, 3.05) is 6.54 Å². The maximum atomic E-state index is 5.66. The molecule has 3 nitrogen and oxygen atoms in total. The third-order valence-electron chi connectivity index (χ3n) is 2.92. The Kier molecular flexibility index (Phi) is 1.95. The second kappa shape index (κ2) is 2.96. The summed E-state index contributed by atoms with van der Waals surface area (Å²) in [5.41, 5.74) is 5.66. The normalized spacial score (nSPS) is 39.4. The van der Waals surface area contributed by atoms with E-state index in [0.717, 1.165) is 18.4 Å². The SMILES string of the molecule is CCN=C(N)NC1CC2CC2C1. The molecule has 0 bridgehead atoms. The van der Waals surface area contributed by atoms with E-state index < -0.39 is 0 Å². The summed E-state index contributed by atoms with van der Waals surface area (Å²) in [7, 11) is 0. The topological polar surface area (TPSA) is 50.4 Å². The van der Waals surface area contributed by atoms with Crippen molar-refractivity contribution in [1.29, 1.82) is 0 Å². The minimum Gasteiger partial charge on any atom is -0.370 e. The highest BCUT2D eigenvalue weighted by Gasteiger charge is 2.45. The number of hydrogen-bond acceptors (Lipinski definition) is 1. The summed E-state index contributed by atoms with van der Waals surface area (Å²) in [6.07, 6.45) is 4.08. The van der Waals surface area contributed by atoms with Gasteiger partial charge >= 0.3 is 0 Å². The van der Waals surface area contributed by atoms with Crippen molar-refractivity contribution in [3.63, 3.8) is 0 Å². The fraction of sp³-hybridized carbons (Fsp3) is 0.889. The maximum absolute atomic E-state index is 5.66. The lowest BCUT2D eigenvalue weighted by molar-refractivity contribution is 0.557. The molecule has 0 aromatic carbocycles. The molecule has 0 spiro atoms. The molecule has 0 amide bonds. The van der Waals surface area contributed by atoms with Gasteiger partial charge in [0.1, 0.15) is 0 Å². The largest absolute Gasteiger partial charge is 0.370 e. The van der Waals surface area contributed by atoms with Gasteiger partial charge in [-0.1, -0.05) is 0 Å². The molecule has 0 aliphatic heterocycles. The van der Waals surface area contributed by atoms with Crippen LogP contribution in [0.15, 0.2) is 4.99 Å². The standard InChI is InChI=1S/C9H17N3/c1-2-11-9(10)12-8-4-6-3-7(6)5-8/h6-8H,2-5H2,1H3,(H3,10,11,12). The minimum absolute atomic E-state index is 0.615. The lowest BCUT2D eigenvalue weighted by Crippen LogP contribution is -2.39. The first-order chi connectivity index (χ1) is 5.79. The fourth-order valence-electron chi connectivity index (χ4n) is 2.26. The molecule has 3 heteroatoms. The van der Waals surface area contributed by atoms with E-state index in [4.69, 9.17) is 5.73 Å². The van der Waals surface area contributed by atoms with E-state index in [-0.39, 0.29) is 0 Å². The van der Waals surface area contributed by atoms with Crippen molar-refractivity contribution in [1.82, 2.24) is 5.32 Å². The Labute approximate surface area is 73.4 Å². The van der Waals surface area contributed by atoms with E-state index in [1.165, 1.54) is 19.3 Å². The van der Waals surface area contributed by atoms with Crippen molar-refractivity contribution < 1.29 is 0 Å². The van der Waals surface area contributed by atoms with Crippen LogP contribution in [0.1, 0.15) is 26.2 Å². The lowest BCUT2D eigenvalue weighted by Gasteiger charge is -2.14. The number of nitrogens with zero attached hydrogens (tertiary/aromatic N) is 1. The molecular formula is C9H17N3. The fourth-order valence-corrected chi connectivity index (χ4v) is 2.26. The number of guanidine groups is 1.